The van der Waals surface area contributed by atoms with Gasteiger partial charge in [0.15, 0.2) is 11.2 Å². The van der Waals surface area contributed by atoms with E-state index in [1.807, 2.05) is 6.92 Å². The lowest BCUT2D eigenvalue weighted by molar-refractivity contribution is -0.279. The number of hydrogen-bond donors (Lipinski definition) is 1. The Bertz CT molecular complexity index is 1310. The van der Waals surface area contributed by atoms with Gasteiger partial charge < -0.3 is 5.11 Å². The van der Waals surface area contributed by atoms with E-state index >= 15 is 0 Å². The quantitative estimate of drug-likeness (QED) is 0.397. The van der Waals surface area contributed by atoms with Crippen molar-refractivity contribution >= 4 is 11.0 Å². The summed E-state index contributed by atoms with van der Waals surface area (Å²) in [5.41, 5.74) is 1.36. The SMILES string of the molecule is CC[C@@]12CC[C@](O)(C(F)(F)F)C[C@H]1CCCc1nc3c(cnn3-c3ccc(F)cc3C3CCC3)cc12. The van der Waals surface area contributed by atoms with Crippen molar-refractivity contribution in [2.45, 2.75) is 94.2 Å². The third kappa shape index (κ3) is 3.51. The summed E-state index contributed by atoms with van der Waals surface area (Å²) < 4.78 is 57.1. The molecule has 4 nitrogen and oxygen atoms in total. The summed E-state index contributed by atoms with van der Waals surface area (Å²) in [6.45, 7) is 2.04. The highest BCUT2D eigenvalue weighted by atomic mass is 19.4. The van der Waals surface area contributed by atoms with Gasteiger partial charge in [0.25, 0.3) is 0 Å². The predicted molar refractivity (Wildman–Crippen MR) is 129 cm³/mol. The number of hydrogen-bond acceptors (Lipinski definition) is 3. The number of rotatable bonds is 3. The van der Waals surface area contributed by atoms with Gasteiger partial charge in [0.05, 0.1) is 11.9 Å². The standard InChI is InChI=1S/C28H31F4N3O/c1-2-26-11-12-27(36,28(30,31)32)15-19(26)7-4-8-23-22(26)13-18-16-33-35(25(18)34-23)24-10-9-20(29)14-21(24)17-5-3-6-17/h9-10,13-14,16-17,19,36H,2-8,11-12,15H2,1H3/t19-,26-,27-/m1/s1. The van der Waals surface area contributed by atoms with E-state index in [0.717, 1.165) is 53.6 Å². The summed E-state index contributed by atoms with van der Waals surface area (Å²) in [7, 11) is 0. The molecule has 2 aromatic heterocycles. The van der Waals surface area contributed by atoms with Crippen LogP contribution in [0.15, 0.2) is 30.5 Å². The Kier molecular flexibility index (Phi) is 5.49. The fourth-order valence-electron chi connectivity index (χ4n) is 7.06. The van der Waals surface area contributed by atoms with Crippen LogP contribution >= 0.6 is 0 Å². The normalized spacial score (nSPS) is 28.9. The Balaban J connectivity index is 1.46. The number of aryl methyl sites for hydroxylation is 1. The van der Waals surface area contributed by atoms with Crippen molar-refractivity contribution in [1.82, 2.24) is 14.8 Å². The van der Waals surface area contributed by atoms with Gasteiger partial charge in [0.2, 0.25) is 0 Å². The molecule has 36 heavy (non-hydrogen) atoms. The Labute approximate surface area is 207 Å². The maximum atomic E-state index is 14.1. The molecule has 8 heteroatoms. The molecule has 0 aliphatic heterocycles. The van der Waals surface area contributed by atoms with Crippen LogP contribution in [0, 0.1) is 11.7 Å². The highest BCUT2D eigenvalue weighted by Gasteiger charge is 2.60. The number of aromatic nitrogens is 3. The third-order valence-corrected chi connectivity index (χ3v) is 9.40. The molecular formula is C28H31F4N3O. The highest BCUT2D eigenvalue weighted by molar-refractivity contribution is 5.78. The van der Waals surface area contributed by atoms with Gasteiger partial charge in [-0.25, -0.2) is 14.1 Å². The molecular weight excluding hydrogens is 470 g/mol. The minimum Gasteiger partial charge on any atom is -0.380 e. The highest BCUT2D eigenvalue weighted by Crippen LogP contribution is 2.56. The molecule has 0 amide bonds. The fraction of sp³-hybridized carbons (Fsp3) is 0.571. The molecule has 0 spiro atoms. The number of fused-ring (bicyclic) bond motifs is 4. The van der Waals surface area contributed by atoms with E-state index in [1.165, 1.54) is 6.07 Å². The van der Waals surface area contributed by atoms with Gasteiger partial charge in [-0.15, -0.1) is 0 Å². The summed E-state index contributed by atoms with van der Waals surface area (Å²) in [6.07, 6.45) is 2.79. The van der Waals surface area contributed by atoms with Crippen LogP contribution in [0.25, 0.3) is 16.7 Å². The first-order chi connectivity index (χ1) is 17.1. The molecule has 192 valence electrons. The average molecular weight is 502 g/mol. The number of aliphatic hydroxyl groups is 1. The number of halogens is 4. The molecule has 0 bridgehead atoms. The van der Waals surface area contributed by atoms with Crippen LogP contribution in [0.4, 0.5) is 17.6 Å². The van der Waals surface area contributed by atoms with Gasteiger partial charge in [0, 0.05) is 11.1 Å². The van der Waals surface area contributed by atoms with Crippen LogP contribution in [0.5, 0.6) is 0 Å². The Morgan fingerprint density at radius 1 is 1.11 bits per heavy atom. The largest absolute Gasteiger partial charge is 0.417 e. The molecule has 3 aliphatic rings. The molecule has 0 unspecified atom stereocenters. The summed E-state index contributed by atoms with van der Waals surface area (Å²) in [5.74, 6) is -0.207. The molecule has 6 rings (SSSR count). The summed E-state index contributed by atoms with van der Waals surface area (Å²) in [6, 6.07) is 6.91. The number of benzene rings is 1. The zero-order chi connectivity index (χ0) is 25.3. The van der Waals surface area contributed by atoms with Crippen molar-refractivity contribution in [2.24, 2.45) is 5.92 Å². The van der Waals surface area contributed by atoms with E-state index in [1.54, 1.807) is 23.0 Å². The zero-order valence-electron chi connectivity index (χ0n) is 20.4. The first kappa shape index (κ1) is 23.9. The smallest absolute Gasteiger partial charge is 0.380 e. The second kappa shape index (κ2) is 8.27. The van der Waals surface area contributed by atoms with Crippen LogP contribution < -0.4 is 0 Å². The topological polar surface area (TPSA) is 50.9 Å². The van der Waals surface area contributed by atoms with E-state index < -0.39 is 17.2 Å². The van der Waals surface area contributed by atoms with Crippen LogP contribution in [0.2, 0.25) is 0 Å². The lowest BCUT2D eigenvalue weighted by Gasteiger charge is -2.50. The molecule has 0 radical (unpaired) electrons. The number of nitrogens with zero attached hydrogens (tertiary/aromatic N) is 3. The van der Waals surface area contributed by atoms with Crippen molar-refractivity contribution in [3.8, 4) is 5.69 Å². The summed E-state index contributed by atoms with van der Waals surface area (Å²) >= 11 is 0. The van der Waals surface area contributed by atoms with E-state index in [0.29, 0.717) is 30.8 Å². The molecule has 3 atom stereocenters. The number of pyridine rings is 1. The number of alkyl halides is 3. The van der Waals surface area contributed by atoms with E-state index in [2.05, 4.69) is 11.2 Å². The van der Waals surface area contributed by atoms with Crippen molar-refractivity contribution in [2.75, 3.05) is 0 Å². The first-order valence-electron chi connectivity index (χ1n) is 13.1. The van der Waals surface area contributed by atoms with Gasteiger partial charge in [-0.2, -0.15) is 18.3 Å². The molecule has 1 N–H and O–H groups in total. The first-order valence-corrected chi connectivity index (χ1v) is 13.1. The molecule has 3 aliphatic carbocycles. The Morgan fingerprint density at radius 3 is 2.61 bits per heavy atom. The lowest BCUT2D eigenvalue weighted by atomic mass is 9.57. The van der Waals surface area contributed by atoms with Gasteiger partial charge in [0.1, 0.15) is 5.82 Å². The van der Waals surface area contributed by atoms with Crippen molar-refractivity contribution in [3.63, 3.8) is 0 Å². The van der Waals surface area contributed by atoms with Crippen molar-refractivity contribution < 1.29 is 22.7 Å². The second-order valence-corrected chi connectivity index (χ2v) is 11.1. The monoisotopic (exact) mass is 501 g/mol. The average Bonchev–Trinajstić information content (AvgIpc) is 3.13. The van der Waals surface area contributed by atoms with Crippen LogP contribution in [0.1, 0.15) is 87.4 Å². The van der Waals surface area contributed by atoms with Crippen molar-refractivity contribution in [1.29, 1.82) is 0 Å². The van der Waals surface area contributed by atoms with E-state index in [-0.39, 0.29) is 31.0 Å². The van der Waals surface area contributed by atoms with Gasteiger partial charge >= 0.3 is 6.18 Å². The third-order valence-electron chi connectivity index (χ3n) is 9.40. The van der Waals surface area contributed by atoms with Gasteiger partial charge in [-0.05, 0) is 110 Å². The zero-order valence-corrected chi connectivity index (χ0v) is 20.4. The predicted octanol–water partition coefficient (Wildman–Crippen LogP) is 6.90. The summed E-state index contributed by atoms with van der Waals surface area (Å²) in [5, 5.41) is 16.0. The minimum atomic E-state index is -4.63. The molecule has 2 heterocycles. The second-order valence-electron chi connectivity index (χ2n) is 11.1. The van der Waals surface area contributed by atoms with E-state index in [9.17, 15) is 22.7 Å². The lowest BCUT2D eigenvalue weighted by Crippen LogP contribution is -2.54. The minimum absolute atomic E-state index is 0.258. The van der Waals surface area contributed by atoms with Crippen LogP contribution in [-0.4, -0.2) is 31.6 Å². The maximum Gasteiger partial charge on any atom is 0.417 e. The van der Waals surface area contributed by atoms with E-state index in [4.69, 9.17) is 4.98 Å². The fourth-order valence-corrected chi connectivity index (χ4v) is 7.06. The van der Waals surface area contributed by atoms with Crippen molar-refractivity contribution in [3.05, 3.63) is 53.1 Å². The summed E-state index contributed by atoms with van der Waals surface area (Å²) in [4.78, 5) is 5.07. The molecule has 1 aromatic carbocycles. The van der Waals surface area contributed by atoms with Gasteiger partial charge in [-0.1, -0.05) is 13.3 Å². The molecule has 3 aromatic rings. The molecule has 2 saturated carbocycles. The molecule has 0 saturated heterocycles. The Hall–Kier alpha value is -2.48. The van der Waals surface area contributed by atoms with Crippen LogP contribution in [-0.2, 0) is 11.8 Å². The maximum absolute atomic E-state index is 14.1. The van der Waals surface area contributed by atoms with Gasteiger partial charge in [-0.3, -0.25) is 0 Å². The molecule has 2 fully saturated rings. The van der Waals surface area contributed by atoms with Crippen LogP contribution in [0.3, 0.4) is 0 Å². The Morgan fingerprint density at radius 2 is 1.92 bits per heavy atom.